The van der Waals surface area contributed by atoms with E-state index in [2.05, 4.69) is 27.7 Å². The zero-order valence-electron chi connectivity index (χ0n) is 12.0. The molecule has 0 radical (unpaired) electrons. The molecule has 0 amide bonds. The van der Waals surface area contributed by atoms with Crippen LogP contribution in [0.2, 0.25) is 0 Å². The third kappa shape index (κ3) is 4.59. The predicted octanol–water partition coefficient (Wildman–Crippen LogP) is 4.78. The van der Waals surface area contributed by atoms with Crippen LogP contribution in [0.1, 0.15) is 56.5 Å². The smallest absolute Gasteiger partial charge is 0.166 e. The summed E-state index contributed by atoms with van der Waals surface area (Å²) in [5.41, 5.74) is 1.26. The maximum atomic E-state index is 13.7. The fraction of sp³-hybridized carbons (Fsp3) is 0.562. The standard InChI is InChI=1S/C16H23FO/c1-11-6-7-13(14(17)8-11)15(18)9-12(2)10-16(3,4)5/h6-8,12H,9-10H2,1-5H3. The van der Waals surface area contributed by atoms with Crippen molar-refractivity contribution in [3.8, 4) is 0 Å². The summed E-state index contributed by atoms with van der Waals surface area (Å²) >= 11 is 0. The van der Waals surface area contributed by atoms with E-state index in [1.54, 1.807) is 12.1 Å². The van der Waals surface area contributed by atoms with E-state index in [1.807, 2.05) is 6.92 Å². The fourth-order valence-corrected chi connectivity index (χ4v) is 2.39. The molecule has 0 aliphatic rings. The number of rotatable bonds is 4. The van der Waals surface area contributed by atoms with E-state index in [-0.39, 0.29) is 22.7 Å². The molecular formula is C16H23FO. The molecule has 18 heavy (non-hydrogen) atoms. The first-order chi connectivity index (χ1) is 8.19. The zero-order chi connectivity index (χ0) is 13.9. The molecule has 0 aliphatic heterocycles. The van der Waals surface area contributed by atoms with Gasteiger partial charge in [-0.25, -0.2) is 4.39 Å². The fourth-order valence-electron chi connectivity index (χ4n) is 2.39. The van der Waals surface area contributed by atoms with Crippen LogP contribution in [0.25, 0.3) is 0 Å². The molecule has 0 aliphatic carbocycles. The summed E-state index contributed by atoms with van der Waals surface area (Å²) in [5.74, 6) is -0.217. The van der Waals surface area contributed by atoms with E-state index in [0.717, 1.165) is 12.0 Å². The van der Waals surface area contributed by atoms with E-state index >= 15 is 0 Å². The van der Waals surface area contributed by atoms with Gasteiger partial charge in [-0.3, -0.25) is 4.79 Å². The van der Waals surface area contributed by atoms with Gasteiger partial charge in [-0.1, -0.05) is 33.8 Å². The van der Waals surface area contributed by atoms with Crippen molar-refractivity contribution in [2.24, 2.45) is 11.3 Å². The van der Waals surface area contributed by atoms with Crippen LogP contribution in [0.4, 0.5) is 4.39 Å². The monoisotopic (exact) mass is 250 g/mol. The highest BCUT2D eigenvalue weighted by Crippen LogP contribution is 2.27. The van der Waals surface area contributed by atoms with Crippen LogP contribution in [0.5, 0.6) is 0 Å². The number of hydrogen-bond donors (Lipinski definition) is 0. The molecule has 0 bridgehead atoms. The summed E-state index contributed by atoms with van der Waals surface area (Å²) in [6.07, 6.45) is 1.38. The number of Topliss-reactive ketones (excluding diaryl/α,β-unsaturated/α-hetero) is 1. The topological polar surface area (TPSA) is 17.1 Å². The van der Waals surface area contributed by atoms with Crippen molar-refractivity contribution in [1.29, 1.82) is 0 Å². The molecule has 0 spiro atoms. The minimum absolute atomic E-state index is 0.0933. The summed E-state index contributed by atoms with van der Waals surface area (Å²) < 4.78 is 13.7. The molecule has 1 rings (SSSR count). The third-order valence-corrected chi connectivity index (χ3v) is 2.92. The highest BCUT2D eigenvalue weighted by atomic mass is 19.1. The van der Waals surface area contributed by atoms with Gasteiger partial charge < -0.3 is 0 Å². The van der Waals surface area contributed by atoms with Gasteiger partial charge >= 0.3 is 0 Å². The van der Waals surface area contributed by atoms with Crippen LogP contribution < -0.4 is 0 Å². The third-order valence-electron chi connectivity index (χ3n) is 2.92. The minimum Gasteiger partial charge on any atom is -0.294 e. The van der Waals surface area contributed by atoms with Gasteiger partial charge in [-0.2, -0.15) is 0 Å². The number of benzene rings is 1. The second kappa shape index (κ2) is 5.64. The molecule has 2 heteroatoms. The Morgan fingerprint density at radius 1 is 1.33 bits per heavy atom. The molecule has 0 saturated heterocycles. The SMILES string of the molecule is Cc1ccc(C(=O)CC(C)CC(C)(C)C)c(F)c1. The van der Waals surface area contributed by atoms with Crippen LogP contribution in [-0.2, 0) is 0 Å². The maximum absolute atomic E-state index is 13.7. The van der Waals surface area contributed by atoms with Gasteiger partial charge in [-0.15, -0.1) is 0 Å². The van der Waals surface area contributed by atoms with E-state index in [0.29, 0.717) is 6.42 Å². The first-order valence-electron chi connectivity index (χ1n) is 6.48. The number of carbonyl (C=O) groups excluding carboxylic acids is 1. The van der Waals surface area contributed by atoms with Gasteiger partial charge in [0.2, 0.25) is 0 Å². The summed E-state index contributed by atoms with van der Waals surface area (Å²) in [7, 11) is 0. The van der Waals surface area contributed by atoms with E-state index in [4.69, 9.17) is 0 Å². The molecule has 1 unspecified atom stereocenters. The number of hydrogen-bond acceptors (Lipinski definition) is 1. The van der Waals surface area contributed by atoms with Crippen LogP contribution >= 0.6 is 0 Å². The predicted molar refractivity (Wildman–Crippen MR) is 73.3 cm³/mol. The van der Waals surface area contributed by atoms with E-state index < -0.39 is 5.82 Å². The number of ketones is 1. The summed E-state index contributed by atoms with van der Waals surface area (Å²) in [6.45, 7) is 10.3. The Bertz CT molecular complexity index is 429. The van der Waals surface area contributed by atoms with Gasteiger partial charge in [-0.05, 0) is 42.4 Å². The summed E-state index contributed by atoms with van der Waals surface area (Å²) in [4.78, 5) is 12.0. The van der Waals surface area contributed by atoms with Crippen molar-refractivity contribution in [2.75, 3.05) is 0 Å². The molecule has 0 heterocycles. The molecule has 1 aromatic rings. The first-order valence-corrected chi connectivity index (χ1v) is 6.48. The van der Waals surface area contributed by atoms with Gasteiger partial charge in [0.05, 0.1) is 5.56 Å². The summed E-state index contributed by atoms with van der Waals surface area (Å²) in [6, 6.07) is 4.79. The molecule has 0 saturated carbocycles. The quantitative estimate of drug-likeness (QED) is 0.703. The molecule has 100 valence electrons. The Kier molecular flexibility index (Phi) is 4.66. The Morgan fingerprint density at radius 3 is 2.44 bits per heavy atom. The maximum Gasteiger partial charge on any atom is 0.166 e. The van der Waals surface area contributed by atoms with Crippen molar-refractivity contribution >= 4 is 5.78 Å². The van der Waals surface area contributed by atoms with Crippen molar-refractivity contribution in [1.82, 2.24) is 0 Å². The van der Waals surface area contributed by atoms with E-state index in [9.17, 15) is 9.18 Å². The Labute approximate surface area is 109 Å². The molecule has 1 nitrogen and oxygen atoms in total. The van der Waals surface area contributed by atoms with Gasteiger partial charge in [0.15, 0.2) is 5.78 Å². The lowest BCUT2D eigenvalue weighted by Crippen LogP contribution is -2.15. The molecule has 0 N–H and O–H groups in total. The number of carbonyl (C=O) groups is 1. The molecular weight excluding hydrogens is 227 g/mol. The second-order valence-electron chi connectivity index (χ2n) is 6.48. The number of aryl methyl sites for hydroxylation is 1. The van der Waals surface area contributed by atoms with Crippen molar-refractivity contribution in [3.63, 3.8) is 0 Å². The molecule has 0 aromatic heterocycles. The van der Waals surface area contributed by atoms with Crippen LogP contribution in [0.3, 0.4) is 0 Å². The Hall–Kier alpha value is -1.18. The van der Waals surface area contributed by atoms with Gasteiger partial charge in [0, 0.05) is 6.42 Å². The molecule has 0 fully saturated rings. The Morgan fingerprint density at radius 2 is 1.94 bits per heavy atom. The lowest BCUT2D eigenvalue weighted by Gasteiger charge is -2.22. The van der Waals surface area contributed by atoms with Gasteiger partial charge in [0.1, 0.15) is 5.82 Å². The van der Waals surface area contributed by atoms with Gasteiger partial charge in [0.25, 0.3) is 0 Å². The van der Waals surface area contributed by atoms with Crippen molar-refractivity contribution in [2.45, 2.75) is 47.5 Å². The van der Waals surface area contributed by atoms with Crippen molar-refractivity contribution < 1.29 is 9.18 Å². The van der Waals surface area contributed by atoms with Crippen LogP contribution in [0.15, 0.2) is 18.2 Å². The molecule has 1 atom stereocenters. The van der Waals surface area contributed by atoms with Crippen molar-refractivity contribution in [3.05, 3.63) is 35.1 Å². The number of halogens is 1. The largest absolute Gasteiger partial charge is 0.294 e. The minimum atomic E-state index is -0.400. The van der Waals surface area contributed by atoms with Crippen LogP contribution in [0, 0.1) is 24.1 Å². The summed E-state index contributed by atoms with van der Waals surface area (Å²) in [5, 5.41) is 0. The lowest BCUT2D eigenvalue weighted by atomic mass is 9.83. The average Bonchev–Trinajstić information content (AvgIpc) is 2.13. The lowest BCUT2D eigenvalue weighted by molar-refractivity contribution is 0.0950. The second-order valence-corrected chi connectivity index (χ2v) is 6.48. The zero-order valence-corrected chi connectivity index (χ0v) is 12.0. The Balaban J connectivity index is 2.71. The molecule has 1 aromatic carbocycles. The first kappa shape index (κ1) is 14.9. The van der Waals surface area contributed by atoms with E-state index in [1.165, 1.54) is 6.07 Å². The average molecular weight is 250 g/mol. The normalized spacial score (nSPS) is 13.4. The highest BCUT2D eigenvalue weighted by Gasteiger charge is 2.20. The van der Waals surface area contributed by atoms with Crippen LogP contribution in [-0.4, -0.2) is 5.78 Å². The highest BCUT2D eigenvalue weighted by molar-refractivity contribution is 5.96.